The summed E-state index contributed by atoms with van der Waals surface area (Å²) >= 11 is 0. The number of hydrogen-bond acceptors (Lipinski definition) is 5. The SMILES string of the molecule is C[C@@H]1CC[C@@](C)(c2cccc(N3CCN(CCO)C3=O)n2)c2nnc(-c3c(F)cccc3F)cc21. The van der Waals surface area contributed by atoms with Crippen molar-refractivity contribution < 1.29 is 18.7 Å². The Bertz CT molecular complexity index is 1270. The predicted molar refractivity (Wildman–Crippen MR) is 127 cm³/mol. The summed E-state index contributed by atoms with van der Waals surface area (Å²) in [6.45, 7) is 5.35. The fourth-order valence-electron chi connectivity index (χ4n) is 5.11. The Hall–Kier alpha value is -3.46. The Morgan fingerprint density at radius 3 is 2.60 bits per heavy atom. The van der Waals surface area contributed by atoms with Gasteiger partial charge < -0.3 is 10.0 Å². The van der Waals surface area contributed by atoms with Crippen LogP contribution in [0, 0.1) is 11.6 Å². The van der Waals surface area contributed by atoms with Crippen LogP contribution in [0.25, 0.3) is 11.3 Å². The first-order valence-electron chi connectivity index (χ1n) is 11.8. The van der Waals surface area contributed by atoms with Gasteiger partial charge >= 0.3 is 6.03 Å². The van der Waals surface area contributed by atoms with Crippen LogP contribution in [0.5, 0.6) is 0 Å². The first-order chi connectivity index (χ1) is 16.8. The van der Waals surface area contributed by atoms with Gasteiger partial charge in [-0.15, -0.1) is 5.10 Å². The molecule has 35 heavy (non-hydrogen) atoms. The van der Waals surface area contributed by atoms with E-state index in [0.29, 0.717) is 25.5 Å². The van der Waals surface area contributed by atoms with Crippen molar-refractivity contribution in [1.29, 1.82) is 0 Å². The molecule has 0 unspecified atom stereocenters. The fraction of sp³-hybridized carbons (Fsp3) is 0.385. The van der Waals surface area contributed by atoms with Crippen molar-refractivity contribution in [3.63, 3.8) is 0 Å². The average molecular weight is 480 g/mol. The summed E-state index contributed by atoms with van der Waals surface area (Å²) in [7, 11) is 0. The van der Waals surface area contributed by atoms with E-state index in [9.17, 15) is 18.7 Å². The van der Waals surface area contributed by atoms with E-state index in [2.05, 4.69) is 17.1 Å². The molecule has 0 spiro atoms. The summed E-state index contributed by atoms with van der Waals surface area (Å²) in [5.41, 5.74) is 1.80. The number of carbonyl (C=O) groups is 1. The van der Waals surface area contributed by atoms with E-state index >= 15 is 0 Å². The molecule has 1 aromatic carbocycles. The third kappa shape index (κ3) is 3.93. The molecule has 1 aliphatic carbocycles. The molecule has 2 aromatic heterocycles. The maximum absolute atomic E-state index is 14.4. The number of rotatable bonds is 5. The normalized spacial score (nSPS) is 22.0. The van der Waals surface area contributed by atoms with Crippen LogP contribution < -0.4 is 4.90 Å². The Balaban J connectivity index is 1.54. The second kappa shape index (κ2) is 8.96. The third-order valence-corrected chi connectivity index (χ3v) is 7.21. The summed E-state index contributed by atoms with van der Waals surface area (Å²) in [5.74, 6) is -0.666. The largest absolute Gasteiger partial charge is 0.395 e. The molecular formula is C26H27F2N5O2. The van der Waals surface area contributed by atoms with E-state index in [4.69, 9.17) is 4.98 Å². The van der Waals surface area contributed by atoms with Crippen LogP contribution in [0.4, 0.5) is 19.4 Å². The Kier molecular flexibility index (Phi) is 5.96. The molecular weight excluding hydrogens is 452 g/mol. The first kappa shape index (κ1) is 23.3. The Morgan fingerprint density at radius 2 is 1.86 bits per heavy atom. The van der Waals surface area contributed by atoms with E-state index < -0.39 is 17.0 Å². The molecule has 0 bridgehead atoms. The van der Waals surface area contributed by atoms with E-state index in [1.54, 1.807) is 21.9 Å². The number of urea groups is 1. The van der Waals surface area contributed by atoms with Crippen LogP contribution in [0.3, 0.4) is 0 Å². The molecule has 1 saturated heterocycles. The van der Waals surface area contributed by atoms with E-state index in [1.165, 1.54) is 18.2 Å². The summed E-state index contributed by atoms with van der Waals surface area (Å²) < 4.78 is 28.8. The minimum absolute atomic E-state index is 0.0858. The zero-order valence-electron chi connectivity index (χ0n) is 19.7. The number of fused-ring (bicyclic) bond motifs is 1. The lowest BCUT2D eigenvalue weighted by molar-refractivity contribution is 0.199. The zero-order chi connectivity index (χ0) is 24.7. The van der Waals surface area contributed by atoms with Gasteiger partial charge in [-0.05, 0) is 61.6 Å². The molecule has 182 valence electrons. The quantitative estimate of drug-likeness (QED) is 0.592. The lowest BCUT2D eigenvalue weighted by Gasteiger charge is -2.37. The van der Waals surface area contributed by atoms with Gasteiger partial charge in [0.15, 0.2) is 0 Å². The van der Waals surface area contributed by atoms with Crippen LogP contribution in [0.2, 0.25) is 0 Å². The predicted octanol–water partition coefficient (Wildman–Crippen LogP) is 4.25. The highest BCUT2D eigenvalue weighted by Crippen LogP contribution is 2.46. The van der Waals surface area contributed by atoms with Gasteiger partial charge in [-0.1, -0.05) is 19.1 Å². The van der Waals surface area contributed by atoms with E-state index in [-0.39, 0.29) is 29.8 Å². The van der Waals surface area contributed by atoms with Crippen LogP contribution in [0.1, 0.15) is 49.6 Å². The molecule has 7 nitrogen and oxygen atoms in total. The van der Waals surface area contributed by atoms with Crippen molar-refractivity contribution >= 4 is 11.8 Å². The lowest BCUT2D eigenvalue weighted by Crippen LogP contribution is -2.35. The molecule has 1 aliphatic heterocycles. The maximum Gasteiger partial charge on any atom is 0.325 e. The average Bonchev–Trinajstić information content (AvgIpc) is 3.22. The number of benzene rings is 1. The molecule has 0 saturated carbocycles. The third-order valence-electron chi connectivity index (χ3n) is 7.21. The van der Waals surface area contributed by atoms with E-state index in [0.717, 1.165) is 29.8 Å². The highest BCUT2D eigenvalue weighted by molar-refractivity contribution is 5.93. The van der Waals surface area contributed by atoms with Gasteiger partial charge in [-0.2, -0.15) is 5.10 Å². The number of aliphatic hydroxyl groups excluding tert-OH is 1. The molecule has 2 amide bonds. The summed E-state index contributed by atoms with van der Waals surface area (Å²) in [6, 6.07) is 10.9. The van der Waals surface area contributed by atoms with Gasteiger partial charge in [-0.25, -0.2) is 18.6 Å². The number of anilines is 1. The number of aliphatic hydroxyl groups is 1. The Labute approximate surface area is 202 Å². The number of hydrogen-bond donors (Lipinski definition) is 1. The maximum atomic E-state index is 14.4. The van der Waals surface area contributed by atoms with Gasteiger partial charge in [0.25, 0.3) is 0 Å². The van der Waals surface area contributed by atoms with Gasteiger partial charge in [-0.3, -0.25) is 4.90 Å². The molecule has 1 fully saturated rings. The number of pyridine rings is 1. The van der Waals surface area contributed by atoms with Crippen molar-refractivity contribution in [1.82, 2.24) is 20.1 Å². The number of carbonyl (C=O) groups excluding carboxylic acids is 1. The molecule has 9 heteroatoms. The van der Waals surface area contributed by atoms with Crippen LogP contribution in [-0.4, -0.2) is 57.5 Å². The summed E-state index contributed by atoms with van der Waals surface area (Å²) in [6.07, 6.45) is 1.61. The molecule has 1 N–H and O–H groups in total. The minimum atomic E-state index is -0.676. The van der Waals surface area contributed by atoms with Gasteiger partial charge in [0.2, 0.25) is 0 Å². The standard InChI is InChI=1S/C26H27F2N5O2/c1-16-9-10-26(2,21-7-4-8-22(29-21)33-12-11-32(13-14-34)25(33)35)24-17(16)15-20(30-31-24)23-18(27)5-3-6-19(23)28/h3-8,15-16,34H,9-14H2,1-2H3/t16-,26+/m1/s1. The number of β-amino-alcohol motifs (C(OH)–C–C–N with tert-alkyl or cyclic N) is 1. The smallest absolute Gasteiger partial charge is 0.325 e. The second-order valence-corrected chi connectivity index (χ2v) is 9.43. The molecule has 5 rings (SSSR count). The van der Waals surface area contributed by atoms with Crippen LogP contribution >= 0.6 is 0 Å². The number of nitrogens with zero attached hydrogens (tertiary/aromatic N) is 5. The first-order valence-corrected chi connectivity index (χ1v) is 11.8. The molecule has 3 heterocycles. The monoisotopic (exact) mass is 479 g/mol. The lowest BCUT2D eigenvalue weighted by atomic mass is 9.69. The van der Waals surface area contributed by atoms with Gasteiger partial charge in [0, 0.05) is 19.6 Å². The van der Waals surface area contributed by atoms with Crippen LogP contribution in [-0.2, 0) is 5.41 Å². The van der Waals surface area contributed by atoms with Crippen molar-refractivity contribution in [2.75, 3.05) is 31.1 Å². The van der Waals surface area contributed by atoms with Crippen molar-refractivity contribution in [2.45, 2.75) is 38.0 Å². The Morgan fingerprint density at radius 1 is 1.11 bits per heavy atom. The van der Waals surface area contributed by atoms with Crippen molar-refractivity contribution in [3.8, 4) is 11.3 Å². The zero-order valence-corrected chi connectivity index (χ0v) is 19.7. The summed E-state index contributed by atoms with van der Waals surface area (Å²) in [4.78, 5) is 20.8. The molecule has 2 aliphatic rings. The number of amides is 2. The minimum Gasteiger partial charge on any atom is -0.395 e. The van der Waals surface area contributed by atoms with Crippen LogP contribution in [0.15, 0.2) is 42.5 Å². The topological polar surface area (TPSA) is 82.5 Å². The van der Waals surface area contributed by atoms with Gasteiger partial charge in [0.1, 0.15) is 17.5 Å². The summed E-state index contributed by atoms with van der Waals surface area (Å²) in [5, 5.41) is 17.9. The number of aromatic nitrogens is 3. The molecule has 0 radical (unpaired) electrons. The van der Waals surface area contributed by atoms with E-state index in [1.807, 2.05) is 19.1 Å². The second-order valence-electron chi connectivity index (χ2n) is 9.43. The fourth-order valence-corrected chi connectivity index (χ4v) is 5.11. The highest BCUT2D eigenvalue weighted by Gasteiger charge is 2.40. The molecule has 2 atom stereocenters. The van der Waals surface area contributed by atoms with Crippen molar-refractivity contribution in [3.05, 3.63) is 71.1 Å². The number of halogens is 2. The highest BCUT2D eigenvalue weighted by atomic mass is 19.1. The van der Waals surface area contributed by atoms with Crippen molar-refractivity contribution in [2.24, 2.45) is 0 Å². The molecule has 3 aromatic rings. The van der Waals surface area contributed by atoms with Gasteiger partial charge in [0.05, 0.1) is 34.7 Å².